The van der Waals surface area contributed by atoms with Gasteiger partial charge in [-0.3, -0.25) is 0 Å². The molecule has 1 nitrogen and oxygen atoms in total. The molecule has 94 valence electrons. The van der Waals surface area contributed by atoms with Gasteiger partial charge >= 0.3 is 0 Å². The van der Waals surface area contributed by atoms with Crippen molar-refractivity contribution in [2.75, 3.05) is 13.1 Å². The number of hydrogen-bond donors (Lipinski definition) is 0. The molecule has 2 fully saturated rings. The van der Waals surface area contributed by atoms with E-state index in [-0.39, 0.29) is 0 Å². The second-order valence-electron chi connectivity index (χ2n) is 7.10. The Bertz CT molecular complexity index is 214. The van der Waals surface area contributed by atoms with E-state index in [1.807, 2.05) is 0 Å². The number of piperidine rings is 2. The zero-order valence-corrected chi connectivity index (χ0v) is 11.5. The number of fused-ring (bicyclic) bond motifs is 1. The molecule has 0 N–H and O–H groups in total. The van der Waals surface area contributed by atoms with Gasteiger partial charge in [0.25, 0.3) is 0 Å². The fourth-order valence-corrected chi connectivity index (χ4v) is 3.53. The van der Waals surface area contributed by atoms with Gasteiger partial charge in [0.05, 0.1) is 0 Å². The molecule has 0 aliphatic carbocycles. The van der Waals surface area contributed by atoms with E-state index in [0.717, 1.165) is 12.0 Å². The Kier molecular flexibility index (Phi) is 3.94. The fourth-order valence-electron chi connectivity index (χ4n) is 3.53. The quantitative estimate of drug-likeness (QED) is 0.682. The maximum Gasteiger partial charge on any atom is 0.0123 e. The predicted octanol–water partition coefficient (Wildman–Crippen LogP) is 4.08. The molecule has 0 aromatic carbocycles. The van der Waals surface area contributed by atoms with Gasteiger partial charge in [-0.25, -0.2) is 0 Å². The van der Waals surface area contributed by atoms with E-state index in [2.05, 4.69) is 25.7 Å². The normalized spacial score (nSPS) is 32.4. The highest BCUT2D eigenvalue weighted by Crippen LogP contribution is 2.35. The van der Waals surface area contributed by atoms with Crippen molar-refractivity contribution < 1.29 is 0 Å². The Hall–Kier alpha value is -0.0400. The van der Waals surface area contributed by atoms with E-state index < -0.39 is 0 Å². The molecule has 2 aliphatic rings. The van der Waals surface area contributed by atoms with Crippen molar-refractivity contribution in [2.45, 2.75) is 71.8 Å². The molecule has 2 rings (SSSR count). The van der Waals surface area contributed by atoms with Crippen LogP contribution in [0.5, 0.6) is 0 Å². The number of nitrogens with zero attached hydrogens (tertiary/aromatic N) is 1. The van der Waals surface area contributed by atoms with Crippen LogP contribution in [-0.4, -0.2) is 24.0 Å². The third kappa shape index (κ3) is 3.23. The predicted molar refractivity (Wildman–Crippen MR) is 70.6 cm³/mol. The second kappa shape index (κ2) is 5.08. The first-order valence-corrected chi connectivity index (χ1v) is 7.30. The van der Waals surface area contributed by atoms with Crippen LogP contribution < -0.4 is 0 Å². The molecule has 0 saturated carbocycles. The Labute approximate surface area is 102 Å². The zero-order valence-electron chi connectivity index (χ0n) is 11.5. The van der Waals surface area contributed by atoms with Crippen molar-refractivity contribution in [3.63, 3.8) is 0 Å². The fraction of sp³-hybridized carbons (Fsp3) is 1.00. The van der Waals surface area contributed by atoms with Crippen LogP contribution in [0.4, 0.5) is 0 Å². The Morgan fingerprint density at radius 2 is 1.75 bits per heavy atom. The molecule has 0 amide bonds. The van der Waals surface area contributed by atoms with Gasteiger partial charge in [-0.15, -0.1) is 0 Å². The summed E-state index contributed by atoms with van der Waals surface area (Å²) in [6, 6.07) is 0.949. The van der Waals surface area contributed by atoms with Crippen LogP contribution in [0.3, 0.4) is 0 Å². The molecule has 0 bridgehead atoms. The van der Waals surface area contributed by atoms with Gasteiger partial charge in [0.15, 0.2) is 0 Å². The molecular formula is C15H29N. The topological polar surface area (TPSA) is 3.24 Å². The lowest BCUT2D eigenvalue weighted by molar-refractivity contribution is 0.0507. The number of hydrogen-bond acceptors (Lipinski definition) is 1. The first-order valence-electron chi connectivity index (χ1n) is 7.30. The SMILES string of the molecule is CC(C)(C)CC[C@@H]1CCCN2CCCC[C@H]12. The summed E-state index contributed by atoms with van der Waals surface area (Å²) in [6.45, 7) is 9.92. The summed E-state index contributed by atoms with van der Waals surface area (Å²) in [7, 11) is 0. The lowest BCUT2D eigenvalue weighted by Gasteiger charge is -2.45. The van der Waals surface area contributed by atoms with Gasteiger partial charge in [0, 0.05) is 6.04 Å². The van der Waals surface area contributed by atoms with Crippen molar-refractivity contribution in [2.24, 2.45) is 11.3 Å². The van der Waals surface area contributed by atoms with Gasteiger partial charge in [0.2, 0.25) is 0 Å². The van der Waals surface area contributed by atoms with Crippen LogP contribution in [0.15, 0.2) is 0 Å². The van der Waals surface area contributed by atoms with E-state index in [4.69, 9.17) is 0 Å². The molecule has 1 heteroatoms. The van der Waals surface area contributed by atoms with Crippen LogP contribution >= 0.6 is 0 Å². The summed E-state index contributed by atoms with van der Waals surface area (Å²) in [6.07, 6.45) is 10.2. The average molecular weight is 223 g/mol. The van der Waals surface area contributed by atoms with Crippen molar-refractivity contribution >= 4 is 0 Å². The van der Waals surface area contributed by atoms with Crippen LogP contribution in [0, 0.1) is 11.3 Å². The summed E-state index contributed by atoms with van der Waals surface area (Å²) >= 11 is 0. The van der Waals surface area contributed by atoms with E-state index in [1.165, 1.54) is 58.0 Å². The first kappa shape index (κ1) is 12.4. The van der Waals surface area contributed by atoms with E-state index in [0.29, 0.717) is 5.41 Å². The molecule has 16 heavy (non-hydrogen) atoms. The lowest BCUT2D eigenvalue weighted by atomic mass is 9.77. The van der Waals surface area contributed by atoms with Crippen molar-refractivity contribution in [1.82, 2.24) is 4.90 Å². The van der Waals surface area contributed by atoms with Gasteiger partial charge in [-0.1, -0.05) is 27.2 Å². The molecule has 0 unspecified atom stereocenters. The summed E-state index contributed by atoms with van der Waals surface area (Å²) < 4.78 is 0. The van der Waals surface area contributed by atoms with Gasteiger partial charge in [0.1, 0.15) is 0 Å². The minimum absolute atomic E-state index is 0.525. The Morgan fingerprint density at radius 1 is 1.00 bits per heavy atom. The van der Waals surface area contributed by atoms with Gasteiger partial charge < -0.3 is 4.90 Å². The molecule has 2 heterocycles. The monoisotopic (exact) mass is 223 g/mol. The minimum atomic E-state index is 0.525. The highest BCUT2D eigenvalue weighted by Gasteiger charge is 2.33. The van der Waals surface area contributed by atoms with Crippen LogP contribution in [-0.2, 0) is 0 Å². The smallest absolute Gasteiger partial charge is 0.0123 e. The highest BCUT2D eigenvalue weighted by atomic mass is 15.2. The molecule has 0 radical (unpaired) electrons. The molecular weight excluding hydrogens is 194 g/mol. The Balaban J connectivity index is 1.87. The zero-order chi connectivity index (χ0) is 11.6. The standard InChI is InChI=1S/C15H29N/c1-15(2,3)10-9-13-7-6-12-16-11-5-4-8-14(13)16/h13-14H,4-12H2,1-3H3/t13-,14+/m0/s1. The first-order chi connectivity index (χ1) is 7.56. The highest BCUT2D eigenvalue weighted by molar-refractivity contribution is 4.87. The summed E-state index contributed by atoms with van der Waals surface area (Å²) in [5.74, 6) is 1.01. The van der Waals surface area contributed by atoms with E-state index in [1.54, 1.807) is 0 Å². The average Bonchev–Trinajstić information content (AvgIpc) is 2.25. The molecule has 0 spiro atoms. The van der Waals surface area contributed by atoms with Crippen LogP contribution in [0.25, 0.3) is 0 Å². The molecule has 2 atom stereocenters. The third-order valence-electron chi connectivity index (χ3n) is 4.49. The van der Waals surface area contributed by atoms with Crippen molar-refractivity contribution in [3.05, 3.63) is 0 Å². The van der Waals surface area contributed by atoms with E-state index in [9.17, 15) is 0 Å². The molecule has 2 aliphatic heterocycles. The summed E-state index contributed by atoms with van der Waals surface area (Å²) in [4.78, 5) is 2.79. The molecule has 2 saturated heterocycles. The minimum Gasteiger partial charge on any atom is -0.300 e. The van der Waals surface area contributed by atoms with Crippen molar-refractivity contribution in [3.8, 4) is 0 Å². The maximum absolute atomic E-state index is 2.79. The molecule has 0 aromatic rings. The Morgan fingerprint density at radius 3 is 2.50 bits per heavy atom. The molecule has 0 aromatic heterocycles. The second-order valence-corrected chi connectivity index (χ2v) is 7.10. The number of rotatable bonds is 2. The third-order valence-corrected chi connectivity index (χ3v) is 4.49. The van der Waals surface area contributed by atoms with Gasteiger partial charge in [-0.05, 0) is 62.9 Å². The van der Waals surface area contributed by atoms with Gasteiger partial charge in [-0.2, -0.15) is 0 Å². The lowest BCUT2D eigenvalue weighted by Crippen LogP contribution is -2.48. The van der Waals surface area contributed by atoms with Crippen LogP contribution in [0.2, 0.25) is 0 Å². The maximum atomic E-state index is 2.79. The summed E-state index contributed by atoms with van der Waals surface area (Å²) in [5.41, 5.74) is 0.525. The van der Waals surface area contributed by atoms with Crippen molar-refractivity contribution in [1.29, 1.82) is 0 Å². The summed E-state index contributed by atoms with van der Waals surface area (Å²) in [5, 5.41) is 0. The largest absolute Gasteiger partial charge is 0.300 e. The van der Waals surface area contributed by atoms with E-state index >= 15 is 0 Å². The van der Waals surface area contributed by atoms with Crippen LogP contribution in [0.1, 0.15) is 65.7 Å².